The molecule has 0 spiro atoms. The summed E-state index contributed by atoms with van der Waals surface area (Å²) in [5.74, 6) is -0.777. The Labute approximate surface area is 239 Å². The van der Waals surface area contributed by atoms with Crippen LogP contribution in [0.4, 0.5) is 0 Å². The lowest BCUT2D eigenvalue weighted by Gasteiger charge is -2.13. The van der Waals surface area contributed by atoms with E-state index in [1.807, 2.05) is 133 Å². The lowest BCUT2D eigenvalue weighted by atomic mass is 10.1. The van der Waals surface area contributed by atoms with Gasteiger partial charge in [-0.15, -0.1) is 0 Å². The molecule has 5 nitrogen and oxygen atoms in total. The third-order valence-corrected chi connectivity index (χ3v) is 5.10. The highest BCUT2D eigenvalue weighted by Gasteiger charge is 2.21. The average molecular weight is 543 g/mol. The Morgan fingerprint density at radius 1 is 0.475 bits per heavy atom. The van der Waals surface area contributed by atoms with Crippen LogP contribution in [0.5, 0.6) is 5.75 Å². The molecule has 4 aromatic rings. The first-order valence-electron chi connectivity index (χ1n) is 13.9. The van der Waals surface area contributed by atoms with E-state index >= 15 is 0 Å². The quantitative estimate of drug-likeness (QED) is 0.197. The lowest BCUT2D eigenvalue weighted by Crippen LogP contribution is -2.14. The maximum Gasteiger partial charge on any atom is 0.339 e. The molecule has 0 bridgehead atoms. The van der Waals surface area contributed by atoms with Crippen LogP contribution in [0, 0.1) is 0 Å². The Balaban J connectivity index is 0.00000125. The smallest absolute Gasteiger partial charge is 0.339 e. The minimum absolute atomic E-state index is 0.0906. The molecule has 0 radical (unpaired) electrons. The molecule has 0 saturated carbocycles. The van der Waals surface area contributed by atoms with Crippen LogP contribution in [0.2, 0.25) is 0 Å². The zero-order valence-corrected chi connectivity index (χ0v) is 24.6. The molecule has 0 aromatic heterocycles. The van der Waals surface area contributed by atoms with Gasteiger partial charge in [0.1, 0.15) is 25.6 Å². The highest BCUT2D eigenvalue weighted by Crippen LogP contribution is 2.22. The van der Waals surface area contributed by atoms with E-state index in [9.17, 15) is 9.59 Å². The van der Waals surface area contributed by atoms with E-state index < -0.39 is 11.9 Å². The van der Waals surface area contributed by atoms with Gasteiger partial charge in [0.05, 0.1) is 11.1 Å². The predicted octanol–water partition coefficient (Wildman–Crippen LogP) is 9.06. The summed E-state index contributed by atoms with van der Waals surface area (Å²) in [5, 5.41) is 0. The van der Waals surface area contributed by atoms with Crippen molar-refractivity contribution in [2.45, 2.75) is 61.4 Å². The highest BCUT2D eigenvalue weighted by atomic mass is 16.5. The Bertz CT molecular complexity index is 1220. The van der Waals surface area contributed by atoms with Crippen molar-refractivity contribution >= 4 is 11.9 Å². The summed E-state index contributed by atoms with van der Waals surface area (Å²) >= 11 is 0. The van der Waals surface area contributed by atoms with E-state index in [0.717, 1.165) is 16.7 Å². The number of hydrogen-bond donors (Lipinski definition) is 0. The summed E-state index contributed by atoms with van der Waals surface area (Å²) in [6.07, 6.45) is 0. The molecule has 4 rings (SSSR count). The fourth-order valence-electron chi connectivity index (χ4n) is 3.30. The number of esters is 2. The first-order valence-corrected chi connectivity index (χ1v) is 13.9. The van der Waals surface area contributed by atoms with Crippen molar-refractivity contribution < 1.29 is 23.8 Å². The van der Waals surface area contributed by atoms with E-state index in [1.165, 1.54) is 12.1 Å². The minimum atomic E-state index is -0.624. The van der Waals surface area contributed by atoms with Gasteiger partial charge in [-0.2, -0.15) is 0 Å². The van der Waals surface area contributed by atoms with Crippen LogP contribution in [0.3, 0.4) is 0 Å². The third-order valence-electron chi connectivity index (χ3n) is 5.10. The Morgan fingerprint density at radius 2 is 0.850 bits per heavy atom. The van der Waals surface area contributed by atoms with Gasteiger partial charge in [0.2, 0.25) is 0 Å². The second kappa shape index (κ2) is 20.6. The number of carbonyl (C=O) groups is 2. The van der Waals surface area contributed by atoms with Gasteiger partial charge in [0.15, 0.2) is 0 Å². The van der Waals surface area contributed by atoms with Crippen molar-refractivity contribution in [3.05, 3.63) is 137 Å². The summed E-state index contributed by atoms with van der Waals surface area (Å²) in [6, 6.07) is 33.1. The first-order chi connectivity index (χ1) is 19.7. The van der Waals surface area contributed by atoms with E-state index in [1.54, 1.807) is 6.07 Å². The average Bonchev–Trinajstić information content (AvgIpc) is 3.05. The zero-order valence-electron chi connectivity index (χ0n) is 24.6. The molecular formula is C35H42O5. The van der Waals surface area contributed by atoms with Crippen LogP contribution >= 0.6 is 0 Å². The summed E-state index contributed by atoms with van der Waals surface area (Å²) in [4.78, 5) is 25.8. The summed E-state index contributed by atoms with van der Waals surface area (Å²) in [7, 11) is 0. The molecule has 0 aliphatic rings. The second-order valence-electron chi connectivity index (χ2n) is 7.61. The maximum atomic E-state index is 13.0. The van der Waals surface area contributed by atoms with E-state index in [-0.39, 0.29) is 24.3 Å². The molecule has 0 amide bonds. The third kappa shape index (κ3) is 11.6. The van der Waals surface area contributed by atoms with Gasteiger partial charge in [0.25, 0.3) is 0 Å². The predicted molar refractivity (Wildman–Crippen MR) is 162 cm³/mol. The van der Waals surface area contributed by atoms with E-state index in [4.69, 9.17) is 14.2 Å². The van der Waals surface area contributed by atoms with Gasteiger partial charge in [-0.3, -0.25) is 0 Å². The standard InChI is InChI=1S/C29H24O5.3C2H6/c30-28(33-20-23-12-6-2-7-13-23)26-17-16-25(32-19-22-10-4-1-5-11-22)18-27(26)29(31)34-21-24-14-8-3-9-15-24;3*1-2/h1-18H,19-21H2;3*1-2H3. The van der Waals surface area contributed by atoms with Crippen LogP contribution in [0.15, 0.2) is 109 Å². The van der Waals surface area contributed by atoms with Gasteiger partial charge >= 0.3 is 11.9 Å². The summed E-state index contributed by atoms with van der Waals surface area (Å²) < 4.78 is 16.8. The fourth-order valence-corrected chi connectivity index (χ4v) is 3.30. The zero-order chi connectivity index (χ0) is 29.6. The number of rotatable bonds is 9. The Morgan fingerprint density at radius 3 is 1.27 bits per heavy atom. The molecule has 4 aromatic carbocycles. The number of benzene rings is 4. The number of ether oxygens (including phenoxy) is 3. The molecule has 40 heavy (non-hydrogen) atoms. The van der Waals surface area contributed by atoms with E-state index in [0.29, 0.717) is 12.4 Å². The number of carbonyl (C=O) groups excluding carboxylic acids is 2. The van der Waals surface area contributed by atoms with Crippen molar-refractivity contribution in [2.75, 3.05) is 0 Å². The van der Waals surface area contributed by atoms with Crippen LogP contribution < -0.4 is 4.74 Å². The van der Waals surface area contributed by atoms with Gasteiger partial charge in [-0.05, 0) is 34.9 Å². The fraction of sp³-hybridized carbons (Fsp3) is 0.257. The maximum absolute atomic E-state index is 13.0. The van der Waals surface area contributed by atoms with Crippen molar-refractivity contribution in [3.8, 4) is 5.75 Å². The monoisotopic (exact) mass is 542 g/mol. The van der Waals surface area contributed by atoms with Crippen LogP contribution in [-0.2, 0) is 29.3 Å². The molecule has 0 heterocycles. The van der Waals surface area contributed by atoms with Crippen molar-refractivity contribution in [1.82, 2.24) is 0 Å². The molecule has 0 fully saturated rings. The van der Waals surface area contributed by atoms with Crippen LogP contribution in [0.25, 0.3) is 0 Å². The van der Waals surface area contributed by atoms with Crippen molar-refractivity contribution in [3.63, 3.8) is 0 Å². The van der Waals surface area contributed by atoms with Gasteiger partial charge in [-0.1, -0.05) is 133 Å². The molecule has 0 aliphatic carbocycles. The van der Waals surface area contributed by atoms with Crippen molar-refractivity contribution in [1.29, 1.82) is 0 Å². The minimum Gasteiger partial charge on any atom is -0.489 e. The Kier molecular flexibility index (Phi) is 17.3. The van der Waals surface area contributed by atoms with Crippen LogP contribution in [-0.4, -0.2) is 11.9 Å². The van der Waals surface area contributed by atoms with Gasteiger partial charge < -0.3 is 14.2 Å². The molecule has 0 saturated heterocycles. The molecular weight excluding hydrogens is 500 g/mol. The molecule has 212 valence electrons. The molecule has 0 aliphatic heterocycles. The molecule has 5 heteroatoms. The number of hydrogen-bond acceptors (Lipinski definition) is 5. The van der Waals surface area contributed by atoms with Crippen LogP contribution in [0.1, 0.15) is 78.9 Å². The second-order valence-corrected chi connectivity index (χ2v) is 7.61. The summed E-state index contributed by atoms with van der Waals surface area (Å²) in [5.41, 5.74) is 2.91. The van der Waals surface area contributed by atoms with E-state index in [2.05, 4.69) is 0 Å². The topological polar surface area (TPSA) is 61.8 Å². The molecule has 0 N–H and O–H groups in total. The highest BCUT2D eigenvalue weighted by molar-refractivity contribution is 6.03. The largest absolute Gasteiger partial charge is 0.489 e. The van der Waals surface area contributed by atoms with Gasteiger partial charge in [0, 0.05) is 0 Å². The Hall–Kier alpha value is -4.38. The molecule has 0 atom stereocenters. The first kappa shape index (κ1) is 33.6. The molecule has 0 unspecified atom stereocenters. The summed E-state index contributed by atoms with van der Waals surface area (Å²) in [6.45, 7) is 12.5. The normalized spacial score (nSPS) is 9.25. The lowest BCUT2D eigenvalue weighted by molar-refractivity contribution is 0.0425. The van der Waals surface area contributed by atoms with Gasteiger partial charge in [-0.25, -0.2) is 9.59 Å². The SMILES string of the molecule is CC.CC.CC.O=C(OCc1ccccc1)c1ccc(OCc2ccccc2)cc1C(=O)OCc1ccccc1. The van der Waals surface area contributed by atoms with Crippen molar-refractivity contribution in [2.24, 2.45) is 0 Å².